The molecule has 0 aromatic carbocycles. The summed E-state index contributed by atoms with van der Waals surface area (Å²) in [6.07, 6.45) is 11.8. The van der Waals surface area contributed by atoms with Crippen LogP contribution in [0, 0.1) is 12.8 Å². The van der Waals surface area contributed by atoms with Crippen LogP contribution in [0.3, 0.4) is 0 Å². The molecule has 0 spiro atoms. The summed E-state index contributed by atoms with van der Waals surface area (Å²) in [4.78, 5) is 0. The van der Waals surface area contributed by atoms with Gasteiger partial charge < -0.3 is 4.74 Å². The number of thiol groups is 1. The second kappa shape index (κ2) is 24.8. The average molecular weight is 607 g/mol. The number of rotatable bonds is 11. The lowest BCUT2D eigenvalue weighted by atomic mass is 10.0. The Bertz CT molecular complexity index is 1040. The van der Waals surface area contributed by atoms with E-state index in [9.17, 15) is 30.7 Å². The molecule has 0 N–H and O–H groups in total. The minimum absolute atomic E-state index is 0.0502. The minimum Gasteiger partial charge on any atom is -0.312 e. The van der Waals surface area contributed by atoms with Gasteiger partial charge in [0, 0.05) is 23.3 Å². The summed E-state index contributed by atoms with van der Waals surface area (Å²) >= 11 is 3.91. The van der Waals surface area contributed by atoms with Crippen molar-refractivity contribution < 1.29 is 35.5 Å². The maximum absolute atomic E-state index is 14.4. The van der Waals surface area contributed by atoms with Crippen LogP contribution in [-0.4, -0.2) is 24.6 Å². The third kappa shape index (κ3) is 20.6. The van der Waals surface area contributed by atoms with Crippen LogP contribution in [0.4, 0.5) is 30.7 Å². The Morgan fingerprint density at radius 1 is 1.22 bits per heavy atom. The van der Waals surface area contributed by atoms with Gasteiger partial charge in [-0.05, 0) is 64.8 Å². The predicted octanol–water partition coefficient (Wildman–Crippen LogP) is 11.3. The van der Waals surface area contributed by atoms with Crippen molar-refractivity contribution in [2.45, 2.75) is 66.1 Å². The molecule has 0 fully saturated rings. The maximum Gasteiger partial charge on any atom is 0.362 e. The van der Waals surface area contributed by atoms with Gasteiger partial charge in [0.05, 0.1) is 19.2 Å². The summed E-state index contributed by atoms with van der Waals surface area (Å²) in [5, 5.41) is 0. The molecule has 0 amide bonds. The fourth-order valence-corrected chi connectivity index (χ4v) is 3.08. The normalized spacial score (nSPS) is 16.5. The highest BCUT2D eigenvalue weighted by atomic mass is 32.1. The van der Waals surface area contributed by atoms with Gasteiger partial charge in [-0.15, -0.1) is 12.8 Å². The number of allylic oxidation sites excluding steroid dienone is 12. The van der Waals surface area contributed by atoms with Gasteiger partial charge in [0.1, 0.15) is 23.3 Å². The molecule has 1 atom stereocenters. The lowest BCUT2D eigenvalue weighted by Gasteiger charge is -2.24. The molecule has 1 unspecified atom stereocenters. The first-order valence-corrected chi connectivity index (χ1v) is 13.1. The van der Waals surface area contributed by atoms with Gasteiger partial charge in [-0.3, -0.25) is 4.39 Å². The summed E-state index contributed by atoms with van der Waals surface area (Å²) in [6, 6.07) is 0. The van der Waals surface area contributed by atoms with Gasteiger partial charge in [0.2, 0.25) is 0 Å². The summed E-state index contributed by atoms with van der Waals surface area (Å²) in [7, 11) is 0. The van der Waals surface area contributed by atoms with Crippen LogP contribution in [0.15, 0.2) is 107 Å². The van der Waals surface area contributed by atoms with Crippen LogP contribution in [0.25, 0.3) is 0 Å². The molecule has 9 heteroatoms. The first-order valence-electron chi connectivity index (χ1n) is 12.5. The van der Waals surface area contributed by atoms with E-state index in [0.717, 1.165) is 11.3 Å². The number of halogens is 7. The largest absolute Gasteiger partial charge is 0.362 e. The monoisotopic (exact) mass is 606 g/mol. The van der Waals surface area contributed by atoms with E-state index < -0.39 is 48.4 Å². The van der Waals surface area contributed by atoms with Crippen LogP contribution in [-0.2, 0) is 4.74 Å². The van der Waals surface area contributed by atoms with E-state index in [2.05, 4.69) is 43.4 Å². The third-order valence-corrected chi connectivity index (χ3v) is 4.96. The molecular weight excluding hydrogens is 565 g/mol. The van der Waals surface area contributed by atoms with E-state index in [1.165, 1.54) is 32.9 Å². The summed E-state index contributed by atoms with van der Waals surface area (Å²) < 4.78 is 98.4. The number of alkyl halides is 3. The van der Waals surface area contributed by atoms with E-state index in [-0.39, 0.29) is 29.8 Å². The molecule has 1 rings (SSSR count). The Labute approximate surface area is 246 Å². The first-order chi connectivity index (χ1) is 19.2. The molecular formula is C32H41F7OS. The Kier molecular flexibility index (Phi) is 25.7. The number of hydrogen-bond donors (Lipinski definition) is 1. The van der Waals surface area contributed by atoms with E-state index in [4.69, 9.17) is 0 Å². The predicted molar refractivity (Wildman–Crippen MR) is 162 cm³/mol. The summed E-state index contributed by atoms with van der Waals surface area (Å²) in [5.74, 6) is -3.07. The zero-order chi connectivity index (χ0) is 32.6. The van der Waals surface area contributed by atoms with Gasteiger partial charge >= 0.3 is 6.11 Å². The second-order valence-electron chi connectivity index (χ2n) is 8.06. The Hall–Kier alpha value is -2.96. The zero-order valence-corrected chi connectivity index (χ0v) is 25.2. The lowest BCUT2D eigenvalue weighted by Crippen LogP contribution is -2.28. The highest BCUT2D eigenvalue weighted by Gasteiger charge is 2.36. The SMILES string of the molecule is C#C.C/C=C\CS.C=C/C=C(\C)C/C=C(F)\C(=C/C)C(=C)/C=C(/F)CC(F)(F)OC1C=C(F)C(C)=C(F)C1.CCF. The summed E-state index contributed by atoms with van der Waals surface area (Å²) in [5.41, 5.74) is 0.350. The van der Waals surface area contributed by atoms with Gasteiger partial charge in [0.25, 0.3) is 0 Å². The summed E-state index contributed by atoms with van der Waals surface area (Å²) in [6.45, 7) is 14.7. The molecule has 1 aliphatic carbocycles. The zero-order valence-electron chi connectivity index (χ0n) is 24.3. The quantitative estimate of drug-likeness (QED) is 0.0809. The lowest BCUT2D eigenvalue weighted by molar-refractivity contribution is -0.254. The fraction of sp³-hybridized carbons (Fsp3) is 0.375. The van der Waals surface area contributed by atoms with Gasteiger partial charge in [0.15, 0.2) is 0 Å². The standard InChI is InChI=1S/C24H26F6O.C4H8S.C2H5F.C2H2/c1-6-8-15(3)9-10-21(26)20(7-2)16(4)11-18(25)14-24(29,30)31-19-12-22(27)17(5)23(28)13-19;1-2-3-4-5;1-2-3;1-2/h6-8,10-12,19H,1,4,9,13-14H2,2-3,5H3;2-3,5H,4H2,1H3;2H2,1H3;1-2H/b15-8+,18-11+,20-7-,21-10+;3-2-;;. The molecule has 41 heavy (non-hydrogen) atoms. The number of terminal acetylenes is 1. The topological polar surface area (TPSA) is 9.23 Å². The first kappa shape index (κ1) is 42.5. The minimum atomic E-state index is -4.04. The number of hydrogen-bond acceptors (Lipinski definition) is 2. The van der Waals surface area contributed by atoms with Crippen molar-refractivity contribution >= 4 is 12.6 Å². The highest BCUT2D eigenvalue weighted by Crippen LogP contribution is 2.34. The Balaban J connectivity index is -0.00000125. The second-order valence-corrected chi connectivity index (χ2v) is 8.43. The van der Waals surface area contributed by atoms with Crippen molar-refractivity contribution in [3.63, 3.8) is 0 Å². The average Bonchev–Trinajstić information content (AvgIpc) is 2.88. The van der Waals surface area contributed by atoms with Crippen molar-refractivity contribution in [2.24, 2.45) is 0 Å². The van der Waals surface area contributed by atoms with E-state index in [1.54, 1.807) is 19.1 Å². The molecule has 0 aliphatic heterocycles. The molecule has 1 nitrogen and oxygen atoms in total. The Morgan fingerprint density at radius 3 is 2.20 bits per heavy atom. The molecule has 0 saturated carbocycles. The molecule has 0 saturated heterocycles. The van der Waals surface area contributed by atoms with Crippen molar-refractivity contribution in [2.75, 3.05) is 12.4 Å². The van der Waals surface area contributed by atoms with Gasteiger partial charge in [-0.1, -0.05) is 49.1 Å². The molecule has 230 valence electrons. The van der Waals surface area contributed by atoms with E-state index in [0.29, 0.717) is 12.2 Å². The van der Waals surface area contributed by atoms with Crippen LogP contribution >= 0.6 is 12.6 Å². The van der Waals surface area contributed by atoms with Crippen LogP contribution in [0.5, 0.6) is 0 Å². The smallest absolute Gasteiger partial charge is 0.312 e. The fourth-order valence-electron chi connectivity index (χ4n) is 2.87. The molecule has 0 heterocycles. The van der Waals surface area contributed by atoms with Gasteiger partial charge in [-0.2, -0.15) is 21.4 Å². The van der Waals surface area contributed by atoms with Crippen molar-refractivity contribution in [3.8, 4) is 12.8 Å². The van der Waals surface area contributed by atoms with E-state index >= 15 is 0 Å². The molecule has 0 aromatic rings. The Morgan fingerprint density at radius 2 is 1.78 bits per heavy atom. The molecule has 0 radical (unpaired) electrons. The molecule has 1 aliphatic rings. The van der Waals surface area contributed by atoms with Crippen LogP contribution in [0.2, 0.25) is 0 Å². The highest BCUT2D eigenvalue weighted by molar-refractivity contribution is 7.80. The van der Waals surface area contributed by atoms with Gasteiger partial charge in [-0.25, -0.2) is 17.6 Å². The molecule has 0 bridgehead atoms. The van der Waals surface area contributed by atoms with Crippen molar-refractivity contribution in [3.05, 3.63) is 107 Å². The van der Waals surface area contributed by atoms with Crippen molar-refractivity contribution in [1.29, 1.82) is 0 Å². The molecule has 0 aromatic heterocycles. The number of ether oxygens (including phenoxy) is 1. The third-order valence-electron chi connectivity index (χ3n) is 4.75. The maximum atomic E-state index is 14.4. The van der Waals surface area contributed by atoms with E-state index in [1.807, 2.05) is 19.1 Å². The van der Waals surface area contributed by atoms with Crippen molar-refractivity contribution in [1.82, 2.24) is 0 Å². The van der Waals surface area contributed by atoms with Crippen LogP contribution < -0.4 is 0 Å². The van der Waals surface area contributed by atoms with Crippen LogP contribution in [0.1, 0.15) is 53.9 Å².